The Labute approximate surface area is 216 Å². The van der Waals surface area contributed by atoms with E-state index in [4.69, 9.17) is 14.5 Å². The number of guanidine groups is 1. The van der Waals surface area contributed by atoms with Crippen molar-refractivity contribution >= 4 is 35.6 Å². The quantitative estimate of drug-likeness (QED) is 0.298. The molecule has 2 aliphatic heterocycles. The maximum atomic E-state index is 5.64. The van der Waals surface area contributed by atoms with Crippen LogP contribution in [0.4, 0.5) is 5.69 Å². The van der Waals surface area contributed by atoms with E-state index >= 15 is 0 Å². The van der Waals surface area contributed by atoms with Gasteiger partial charge < -0.3 is 25.0 Å². The van der Waals surface area contributed by atoms with Gasteiger partial charge >= 0.3 is 0 Å². The number of hydrogen-bond donors (Lipinski definition) is 2. The summed E-state index contributed by atoms with van der Waals surface area (Å²) in [5.41, 5.74) is 2.78. The molecule has 2 heterocycles. The van der Waals surface area contributed by atoms with Crippen LogP contribution in [0.1, 0.15) is 44.6 Å². The first-order valence-corrected chi connectivity index (χ1v) is 12.6. The number of morpholine rings is 2. The fourth-order valence-corrected chi connectivity index (χ4v) is 5.36. The van der Waals surface area contributed by atoms with Crippen molar-refractivity contribution in [2.75, 3.05) is 70.6 Å². The molecular formula is C25H42IN5O2. The number of benzene rings is 1. The van der Waals surface area contributed by atoms with Gasteiger partial charge in [-0.2, -0.15) is 0 Å². The first kappa shape index (κ1) is 26.5. The first-order valence-electron chi connectivity index (χ1n) is 12.6. The molecule has 1 aromatic rings. The lowest BCUT2D eigenvalue weighted by atomic mass is 9.80. The third-order valence-corrected chi connectivity index (χ3v) is 7.15. The van der Waals surface area contributed by atoms with Gasteiger partial charge in [0.1, 0.15) is 0 Å². The fraction of sp³-hybridized carbons (Fsp3) is 0.720. The van der Waals surface area contributed by atoms with E-state index in [1.54, 1.807) is 0 Å². The molecule has 0 bridgehead atoms. The van der Waals surface area contributed by atoms with Crippen LogP contribution in [-0.4, -0.2) is 82.1 Å². The highest BCUT2D eigenvalue weighted by Crippen LogP contribution is 2.34. The summed E-state index contributed by atoms with van der Waals surface area (Å²) in [5.74, 6) is 0.919. The number of rotatable bonds is 7. The summed E-state index contributed by atoms with van der Waals surface area (Å²) in [4.78, 5) is 10.1. The minimum absolute atomic E-state index is 0. The Hall–Kier alpha value is -1.10. The third-order valence-electron chi connectivity index (χ3n) is 7.15. The zero-order chi connectivity index (χ0) is 22.1. The molecule has 7 nitrogen and oxygen atoms in total. The van der Waals surface area contributed by atoms with Gasteiger partial charge in [0.15, 0.2) is 5.96 Å². The van der Waals surface area contributed by atoms with E-state index in [1.807, 2.05) is 0 Å². The molecule has 1 saturated carbocycles. The van der Waals surface area contributed by atoms with E-state index in [2.05, 4.69) is 51.6 Å². The largest absolute Gasteiger partial charge is 0.379 e. The molecule has 3 fully saturated rings. The maximum Gasteiger partial charge on any atom is 0.191 e. The van der Waals surface area contributed by atoms with E-state index in [9.17, 15) is 0 Å². The number of nitrogens with zero attached hydrogens (tertiary/aromatic N) is 3. The van der Waals surface area contributed by atoms with E-state index in [-0.39, 0.29) is 29.5 Å². The van der Waals surface area contributed by atoms with Crippen molar-refractivity contribution in [1.29, 1.82) is 0 Å². The van der Waals surface area contributed by atoms with Crippen LogP contribution in [0.3, 0.4) is 0 Å². The minimum Gasteiger partial charge on any atom is -0.379 e. The standard InChI is InChI=1S/C25H41N5O2.HI/c1-2-26-24(27-20-22-8-4-5-9-23(22)29-12-16-31-17-13-29)28-21-25(10-6-3-7-11-25)30-14-18-32-19-15-30;/h4-5,8-9H,2-3,6-7,10-21H2,1H3,(H2,26,27,28);1H. The smallest absolute Gasteiger partial charge is 0.191 e. The Balaban J connectivity index is 0.00000306. The Bertz CT molecular complexity index is 729. The van der Waals surface area contributed by atoms with E-state index in [0.717, 1.165) is 71.7 Å². The predicted molar refractivity (Wildman–Crippen MR) is 146 cm³/mol. The molecule has 33 heavy (non-hydrogen) atoms. The van der Waals surface area contributed by atoms with Gasteiger partial charge in [0.25, 0.3) is 0 Å². The van der Waals surface area contributed by atoms with Crippen LogP contribution in [0.25, 0.3) is 0 Å². The summed E-state index contributed by atoms with van der Waals surface area (Å²) in [7, 11) is 0. The van der Waals surface area contributed by atoms with Gasteiger partial charge in [0.2, 0.25) is 0 Å². The molecule has 1 aliphatic carbocycles. The number of anilines is 1. The van der Waals surface area contributed by atoms with Crippen molar-refractivity contribution in [1.82, 2.24) is 15.5 Å². The minimum atomic E-state index is 0. The molecule has 186 valence electrons. The number of aliphatic imine (C=N–C) groups is 1. The highest BCUT2D eigenvalue weighted by atomic mass is 127. The van der Waals surface area contributed by atoms with Crippen molar-refractivity contribution in [2.45, 2.75) is 51.1 Å². The molecule has 0 atom stereocenters. The zero-order valence-corrected chi connectivity index (χ0v) is 22.5. The van der Waals surface area contributed by atoms with Crippen molar-refractivity contribution in [3.05, 3.63) is 29.8 Å². The molecule has 4 rings (SSSR count). The Morgan fingerprint density at radius 3 is 2.30 bits per heavy atom. The van der Waals surface area contributed by atoms with Crippen LogP contribution in [0.2, 0.25) is 0 Å². The number of ether oxygens (including phenoxy) is 2. The monoisotopic (exact) mass is 571 g/mol. The van der Waals surface area contributed by atoms with Crippen LogP contribution in [-0.2, 0) is 16.0 Å². The van der Waals surface area contributed by atoms with Gasteiger partial charge in [-0.1, -0.05) is 37.5 Å². The number of nitrogens with one attached hydrogen (secondary N) is 2. The third kappa shape index (κ3) is 7.19. The lowest BCUT2D eigenvalue weighted by Crippen LogP contribution is -2.60. The van der Waals surface area contributed by atoms with Gasteiger partial charge in [0, 0.05) is 50.5 Å². The summed E-state index contributed by atoms with van der Waals surface area (Å²) in [6.45, 7) is 11.9. The van der Waals surface area contributed by atoms with Crippen molar-refractivity contribution in [3.63, 3.8) is 0 Å². The zero-order valence-electron chi connectivity index (χ0n) is 20.2. The second-order valence-electron chi connectivity index (χ2n) is 9.16. The van der Waals surface area contributed by atoms with Gasteiger partial charge in [-0.15, -0.1) is 24.0 Å². The summed E-state index contributed by atoms with van der Waals surface area (Å²) < 4.78 is 11.2. The maximum absolute atomic E-state index is 5.64. The molecule has 0 unspecified atom stereocenters. The van der Waals surface area contributed by atoms with E-state index < -0.39 is 0 Å². The van der Waals surface area contributed by atoms with Crippen LogP contribution in [0, 0.1) is 0 Å². The van der Waals surface area contributed by atoms with Crippen LogP contribution in [0.5, 0.6) is 0 Å². The fourth-order valence-electron chi connectivity index (χ4n) is 5.36. The van der Waals surface area contributed by atoms with Crippen LogP contribution in [0.15, 0.2) is 29.3 Å². The van der Waals surface area contributed by atoms with Gasteiger partial charge in [-0.05, 0) is 31.4 Å². The first-order chi connectivity index (χ1) is 15.8. The summed E-state index contributed by atoms with van der Waals surface area (Å²) in [6.07, 6.45) is 6.52. The van der Waals surface area contributed by atoms with Crippen molar-refractivity contribution in [2.24, 2.45) is 4.99 Å². The summed E-state index contributed by atoms with van der Waals surface area (Å²) in [6, 6.07) is 8.65. The highest BCUT2D eigenvalue weighted by Gasteiger charge is 2.38. The molecule has 3 aliphatic rings. The van der Waals surface area contributed by atoms with E-state index in [0.29, 0.717) is 6.54 Å². The Morgan fingerprint density at radius 1 is 0.939 bits per heavy atom. The molecule has 0 spiro atoms. The van der Waals surface area contributed by atoms with Gasteiger partial charge in [0.05, 0.1) is 33.0 Å². The average Bonchev–Trinajstić information content (AvgIpc) is 2.87. The molecule has 8 heteroatoms. The normalized spacial score (nSPS) is 21.8. The lowest BCUT2D eigenvalue weighted by molar-refractivity contribution is -0.0352. The van der Waals surface area contributed by atoms with Gasteiger partial charge in [-0.3, -0.25) is 4.90 Å². The number of halogens is 1. The second kappa shape index (κ2) is 13.7. The highest BCUT2D eigenvalue weighted by molar-refractivity contribution is 14.0. The Kier molecular flexibility index (Phi) is 11.0. The molecule has 0 amide bonds. The molecule has 2 N–H and O–H groups in total. The lowest BCUT2D eigenvalue weighted by Gasteiger charge is -2.48. The SMILES string of the molecule is CCNC(=NCc1ccccc1N1CCOCC1)NCC1(N2CCOCC2)CCCCC1.I. The topological polar surface area (TPSA) is 61.4 Å². The Morgan fingerprint density at radius 2 is 1.61 bits per heavy atom. The van der Waals surface area contributed by atoms with Crippen LogP contribution >= 0.6 is 24.0 Å². The molecular weight excluding hydrogens is 529 g/mol. The van der Waals surface area contributed by atoms with Crippen molar-refractivity contribution in [3.8, 4) is 0 Å². The van der Waals surface area contributed by atoms with Gasteiger partial charge in [-0.25, -0.2) is 4.99 Å². The summed E-state index contributed by atoms with van der Waals surface area (Å²) in [5, 5.41) is 7.19. The molecule has 1 aromatic carbocycles. The van der Waals surface area contributed by atoms with E-state index in [1.165, 1.54) is 43.4 Å². The van der Waals surface area contributed by atoms with Crippen LogP contribution < -0.4 is 15.5 Å². The van der Waals surface area contributed by atoms with Crippen molar-refractivity contribution < 1.29 is 9.47 Å². The second-order valence-corrected chi connectivity index (χ2v) is 9.16. The predicted octanol–water partition coefficient (Wildman–Crippen LogP) is 3.23. The number of para-hydroxylation sites is 1. The molecule has 0 aromatic heterocycles. The summed E-state index contributed by atoms with van der Waals surface area (Å²) >= 11 is 0. The molecule has 2 saturated heterocycles. The molecule has 0 radical (unpaired) electrons. The average molecular weight is 572 g/mol. The number of hydrogen-bond acceptors (Lipinski definition) is 5.